The Morgan fingerprint density at radius 1 is 0.818 bits per heavy atom. The quantitative estimate of drug-likeness (QED) is 0.319. The van der Waals surface area contributed by atoms with E-state index in [0.717, 1.165) is 5.56 Å². The van der Waals surface area contributed by atoms with Crippen LogP contribution in [0.2, 0.25) is 0 Å². The highest BCUT2D eigenvalue weighted by Crippen LogP contribution is 2.44. The van der Waals surface area contributed by atoms with Crippen LogP contribution in [0.3, 0.4) is 0 Å². The van der Waals surface area contributed by atoms with Crippen molar-refractivity contribution in [1.29, 1.82) is 0 Å². The second kappa shape index (κ2) is 9.11. The molecule has 4 aromatic rings. The lowest BCUT2D eigenvalue weighted by molar-refractivity contribution is 0.0929. The zero-order valence-electron chi connectivity index (χ0n) is 19.2. The van der Waals surface area contributed by atoms with Gasteiger partial charge in [-0.05, 0) is 44.5 Å². The van der Waals surface area contributed by atoms with Crippen molar-refractivity contribution in [3.63, 3.8) is 0 Å². The summed E-state index contributed by atoms with van der Waals surface area (Å²) in [5.74, 6) is 0.417. The number of benzene rings is 4. The minimum atomic E-state index is -0.251. The van der Waals surface area contributed by atoms with E-state index >= 15 is 0 Å². The molecule has 1 amide bonds. The van der Waals surface area contributed by atoms with Crippen LogP contribution in [0.15, 0.2) is 91.0 Å². The summed E-state index contributed by atoms with van der Waals surface area (Å²) >= 11 is 0. The van der Waals surface area contributed by atoms with Gasteiger partial charge < -0.3 is 9.64 Å². The third-order valence-corrected chi connectivity index (χ3v) is 6.42. The number of hydrogen-bond donors (Lipinski definition) is 0. The molecule has 0 radical (unpaired) electrons. The van der Waals surface area contributed by atoms with Gasteiger partial charge >= 0.3 is 6.09 Å². The lowest BCUT2D eigenvalue weighted by atomic mass is 9.98. The van der Waals surface area contributed by atoms with Crippen LogP contribution in [0.4, 0.5) is 4.79 Å². The van der Waals surface area contributed by atoms with E-state index in [1.807, 2.05) is 17.0 Å². The highest BCUT2D eigenvalue weighted by atomic mass is 16.6. The molecule has 0 unspecified atom stereocenters. The van der Waals surface area contributed by atoms with Gasteiger partial charge in [0.2, 0.25) is 0 Å². The molecule has 4 aromatic carbocycles. The smallest absolute Gasteiger partial charge is 0.410 e. The van der Waals surface area contributed by atoms with Crippen molar-refractivity contribution in [2.75, 3.05) is 13.2 Å². The standard InChI is InChI=1S/C30H29NO2/c1-21(2)18-31(19-23-12-9-11-22-10-3-4-13-24(22)23)30(32)33-20-29-27-16-7-5-14-25(27)26-15-6-8-17-28(26)29/h3-17,21,29H,18-20H2,1-2H3. The maximum absolute atomic E-state index is 13.3. The first kappa shape index (κ1) is 21.3. The van der Waals surface area contributed by atoms with Crippen molar-refractivity contribution in [2.24, 2.45) is 5.92 Å². The summed E-state index contributed by atoms with van der Waals surface area (Å²) in [5.41, 5.74) is 6.09. The fraction of sp³-hybridized carbons (Fsp3) is 0.233. The van der Waals surface area contributed by atoms with Crippen molar-refractivity contribution in [1.82, 2.24) is 4.90 Å². The summed E-state index contributed by atoms with van der Waals surface area (Å²) in [7, 11) is 0. The normalized spacial score (nSPS) is 12.6. The van der Waals surface area contributed by atoms with E-state index in [-0.39, 0.29) is 12.0 Å². The van der Waals surface area contributed by atoms with Crippen molar-refractivity contribution in [2.45, 2.75) is 26.3 Å². The second-order valence-corrected chi connectivity index (χ2v) is 9.22. The molecule has 0 fully saturated rings. The molecule has 0 bridgehead atoms. The number of ether oxygens (including phenoxy) is 1. The Kier molecular flexibility index (Phi) is 5.87. The van der Waals surface area contributed by atoms with Crippen LogP contribution in [-0.2, 0) is 11.3 Å². The first-order valence-electron chi connectivity index (χ1n) is 11.7. The molecule has 3 nitrogen and oxygen atoms in total. The average Bonchev–Trinajstić information content (AvgIpc) is 3.16. The SMILES string of the molecule is CC(C)CN(Cc1cccc2ccccc12)C(=O)OCC1c2ccccc2-c2ccccc21. The molecule has 3 heteroatoms. The number of carbonyl (C=O) groups is 1. The molecule has 0 saturated heterocycles. The Hall–Kier alpha value is -3.59. The van der Waals surface area contributed by atoms with Crippen LogP contribution < -0.4 is 0 Å². The van der Waals surface area contributed by atoms with Crippen LogP contribution in [-0.4, -0.2) is 24.1 Å². The van der Waals surface area contributed by atoms with Gasteiger partial charge in [-0.15, -0.1) is 0 Å². The van der Waals surface area contributed by atoms with E-state index in [9.17, 15) is 4.79 Å². The molecule has 0 heterocycles. The van der Waals surface area contributed by atoms with Gasteiger partial charge in [-0.2, -0.15) is 0 Å². The molecule has 0 saturated carbocycles. The van der Waals surface area contributed by atoms with Crippen molar-refractivity contribution in [3.8, 4) is 11.1 Å². The van der Waals surface area contributed by atoms with E-state index in [1.165, 1.54) is 33.0 Å². The van der Waals surface area contributed by atoms with E-state index in [4.69, 9.17) is 4.74 Å². The molecule has 5 rings (SSSR count). The molecule has 0 atom stereocenters. The molecule has 0 N–H and O–H groups in total. The van der Waals surface area contributed by atoms with E-state index in [2.05, 4.69) is 92.7 Å². The predicted octanol–water partition coefficient (Wildman–Crippen LogP) is 7.25. The topological polar surface area (TPSA) is 29.5 Å². The Balaban J connectivity index is 1.37. The summed E-state index contributed by atoms with van der Waals surface area (Å²) in [6.45, 7) is 5.80. The third kappa shape index (κ3) is 4.23. The van der Waals surface area contributed by atoms with Gasteiger partial charge in [0.1, 0.15) is 6.61 Å². The van der Waals surface area contributed by atoms with E-state index in [1.54, 1.807) is 0 Å². The maximum Gasteiger partial charge on any atom is 0.410 e. The molecule has 1 aliphatic carbocycles. The van der Waals surface area contributed by atoms with Crippen LogP contribution in [0.5, 0.6) is 0 Å². The second-order valence-electron chi connectivity index (χ2n) is 9.22. The number of amides is 1. The summed E-state index contributed by atoms with van der Waals surface area (Å²) < 4.78 is 5.97. The van der Waals surface area contributed by atoms with Crippen LogP contribution >= 0.6 is 0 Å². The van der Waals surface area contributed by atoms with E-state index in [0.29, 0.717) is 25.6 Å². The fourth-order valence-electron chi connectivity index (χ4n) is 4.97. The van der Waals surface area contributed by atoms with Gasteiger partial charge in [0.25, 0.3) is 0 Å². The van der Waals surface area contributed by atoms with Gasteiger partial charge in [-0.1, -0.05) is 105 Å². The van der Waals surface area contributed by atoms with Gasteiger partial charge in [-0.25, -0.2) is 4.79 Å². The van der Waals surface area contributed by atoms with Gasteiger partial charge in [0.15, 0.2) is 0 Å². The summed E-state index contributed by atoms with van der Waals surface area (Å²) in [6, 6.07) is 31.5. The minimum Gasteiger partial charge on any atom is -0.448 e. The largest absolute Gasteiger partial charge is 0.448 e. The number of fused-ring (bicyclic) bond motifs is 4. The van der Waals surface area contributed by atoms with Crippen molar-refractivity contribution in [3.05, 3.63) is 108 Å². The Morgan fingerprint density at radius 3 is 2.12 bits per heavy atom. The molecule has 1 aliphatic rings. The molecular formula is C30H29NO2. The first-order chi connectivity index (χ1) is 16.1. The zero-order chi connectivity index (χ0) is 22.8. The fourth-order valence-corrected chi connectivity index (χ4v) is 4.97. The zero-order valence-corrected chi connectivity index (χ0v) is 19.2. The Labute approximate surface area is 195 Å². The lowest BCUT2D eigenvalue weighted by Gasteiger charge is -2.26. The van der Waals surface area contributed by atoms with Crippen LogP contribution in [0.1, 0.15) is 36.5 Å². The minimum absolute atomic E-state index is 0.0693. The highest BCUT2D eigenvalue weighted by molar-refractivity contribution is 5.86. The predicted molar refractivity (Wildman–Crippen MR) is 134 cm³/mol. The highest BCUT2D eigenvalue weighted by Gasteiger charge is 2.30. The average molecular weight is 436 g/mol. The lowest BCUT2D eigenvalue weighted by Crippen LogP contribution is -2.35. The number of carbonyl (C=O) groups excluding carboxylic acids is 1. The summed E-state index contributed by atoms with van der Waals surface area (Å²) in [4.78, 5) is 15.1. The molecule has 33 heavy (non-hydrogen) atoms. The molecule has 166 valence electrons. The van der Waals surface area contributed by atoms with E-state index < -0.39 is 0 Å². The van der Waals surface area contributed by atoms with Gasteiger partial charge in [-0.3, -0.25) is 0 Å². The Morgan fingerprint density at radius 2 is 1.42 bits per heavy atom. The van der Waals surface area contributed by atoms with Crippen molar-refractivity contribution >= 4 is 16.9 Å². The Bertz CT molecular complexity index is 1240. The van der Waals surface area contributed by atoms with Crippen LogP contribution in [0, 0.1) is 5.92 Å². The molecular weight excluding hydrogens is 406 g/mol. The van der Waals surface area contributed by atoms with Gasteiger partial charge in [0.05, 0.1) is 0 Å². The maximum atomic E-state index is 13.3. The molecule has 0 aliphatic heterocycles. The monoisotopic (exact) mass is 435 g/mol. The molecule has 0 aromatic heterocycles. The van der Waals surface area contributed by atoms with Gasteiger partial charge in [0, 0.05) is 19.0 Å². The summed E-state index contributed by atoms with van der Waals surface area (Å²) in [5, 5.41) is 2.37. The van der Waals surface area contributed by atoms with Crippen molar-refractivity contribution < 1.29 is 9.53 Å². The third-order valence-electron chi connectivity index (χ3n) is 6.42. The number of rotatable bonds is 6. The van der Waals surface area contributed by atoms with Crippen LogP contribution in [0.25, 0.3) is 21.9 Å². The first-order valence-corrected chi connectivity index (χ1v) is 11.7. The molecule has 0 spiro atoms. The number of hydrogen-bond acceptors (Lipinski definition) is 2. The number of nitrogens with zero attached hydrogens (tertiary/aromatic N) is 1. The summed E-state index contributed by atoms with van der Waals surface area (Å²) in [6.07, 6.45) is -0.251.